The molecule has 1 atom stereocenters. The molecule has 3 N–H and O–H groups in total. The minimum atomic E-state index is -0.849. The van der Waals surface area contributed by atoms with Gasteiger partial charge in [0.15, 0.2) is 0 Å². The fraction of sp³-hybridized carbons (Fsp3) is 0.857. The second kappa shape index (κ2) is 5.09. The van der Waals surface area contributed by atoms with E-state index in [-0.39, 0.29) is 25.0 Å². The van der Waals surface area contributed by atoms with Crippen LogP contribution in [0.4, 0.5) is 0 Å². The monoisotopic (exact) mass is 161 g/mol. The molecule has 0 rings (SSSR count). The highest BCUT2D eigenvalue weighted by atomic mass is 16.3. The lowest BCUT2D eigenvalue weighted by atomic mass is 10.2. The van der Waals surface area contributed by atoms with Gasteiger partial charge < -0.3 is 15.5 Å². The van der Waals surface area contributed by atoms with Gasteiger partial charge in [0.25, 0.3) is 0 Å². The molecule has 0 aliphatic carbocycles. The first-order valence-corrected chi connectivity index (χ1v) is 3.64. The second-order valence-corrected chi connectivity index (χ2v) is 2.74. The lowest BCUT2D eigenvalue weighted by molar-refractivity contribution is -0.124. The van der Waals surface area contributed by atoms with Gasteiger partial charge in [-0.2, -0.15) is 0 Å². The molecule has 0 heterocycles. The molecule has 1 amide bonds. The van der Waals surface area contributed by atoms with E-state index in [0.717, 1.165) is 0 Å². The molecule has 0 aromatic rings. The van der Waals surface area contributed by atoms with Crippen LogP contribution in [0.25, 0.3) is 0 Å². The van der Waals surface area contributed by atoms with Gasteiger partial charge in [-0.3, -0.25) is 4.79 Å². The van der Waals surface area contributed by atoms with Crippen LogP contribution in [0.1, 0.15) is 13.8 Å². The zero-order chi connectivity index (χ0) is 8.85. The van der Waals surface area contributed by atoms with Crippen molar-refractivity contribution in [3.05, 3.63) is 0 Å². The molecular weight excluding hydrogens is 146 g/mol. The van der Waals surface area contributed by atoms with Crippen LogP contribution in [-0.2, 0) is 4.79 Å². The minimum Gasteiger partial charge on any atom is -0.394 e. The van der Waals surface area contributed by atoms with Crippen LogP contribution < -0.4 is 5.32 Å². The first-order valence-electron chi connectivity index (χ1n) is 3.64. The maximum absolute atomic E-state index is 10.9. The third-order valence-corrected chi connectivity index (χ3v) is 1.25. The van der Waals surface area contributed by atoms with Gasteiger partial charge in [-0.1, -0.05) is 13.8 Å². The van der Waals surface area contributed by atoms with Crippen molar-refractivity contribution >= 4 is 5.91 Å². The molecular formula is C7H15NO3. The topological polar surface area (TPSA) is 69.6 Å². The summed E-state index contributed by atoms with van der Waals surface area (Å²) in [6.45, 7) is 3.33. The number of rotatable bonds is 4. The van der Waals surface area contributed by atoms with Gasteiger partial charge in [0.05, 0.1) is 12.7 Å². The van der Waals surface area contributed by atoms with Gasteiger partial charge >= 0.3 is 0 Å². The molecule has 66 valence electrons. The Bertz CT molecular complexity index is 125. The average Bonchev–Trinajstić information content (AvgIpc) is 1.99. The van der Waals surface area contributed by atoms with Gasteiger partial charge in [0.2, 0.25) is 5.91 Å². The van der Waals surface area contributed by atoms with E-state index >= 15 is 0 Å². The molecule has 4 nitrogen and oxygen atoms in total. The minimum absolute atomic E-state index is 0.0825. The van der Waals surface area contributed by atoms with E-state index < -0.39 is 6.10 Å². The highest BCUT2D eigenvalue weighted by Gasteiger charge is 2.08. The van der Waals surface area contributed by atoms with E-state index in [1.807, 2.05) is 0 Å². The molecule has 0 aliphatic rings. The van der Waals surface area contributed by atoms with Crippen molar-refractivity contribution in [2.45, 2.75) is 20.0 Å². The Hall–Kier alpha value is -0.610. The number of aliphatic hydroxyl groups excluding tert-OH is 2. The lowest BCUT2D eigenvalue weighted by Crippen LogP contribution is -2.36. The van der Waals surface area contributed by atoms with Gasteiger partial charge in [-0.05, 0) is 0 Å². The van der Waals surface area contributed by atoms with E-state index in [1.54, 1.807) is 13.8 Å². The Labute approximate surface area is 66.2 Å². The van der Waals surface area contributed by atoms with Crippen molar-refractivity contribution < 1.29 is 15.0 Å². The van der Waals surface area contributed by atoms with Crippen molar-refractivity contribution in [1.29, 1.82) is 0 Å². The molecule has 0 unspecified atom stereocenters. The van der Waals surface area contributed by atoms with E-state index in [0.29, 0.717) is 0 Å². The normalized spacial score (nSPS) is 13.2. The van der Waals surface area contributed by atoms with Crippen LogP contribution in [0.15, 0.2) is 0 Å². The van der Waals surface area contributed by atoms with Crippen LogP contribution in [0.5, 0.6) is 0 Å². The smallest absolute Gasteiger partial charge is 0.222 e. The van der Waals surface area contributed by atoms with Crippen molar-refractivity contribution in [2.24, 2.45) is 5.92 Å². The van der Waals surface area contributed by atoms with Crippen molar-refractivity contribution in [2.75, 3.05) is 13.2 Å². The van der Waals surface area contributed by atoms with Gasteiger partial charge in [0.1, 0.15) is 0 Å². The predicted octanol–water partition coefficient (Wildman–Crippen LogP) is -0.888. The maximum atomic E-state index is 10.9. The van der Waals surface area contributed by atoms with Gasteiger partial charge in [-0.25, -0.2) is 0 Å². The SMILES string of the molecule is CC(C)C(=O)NC[C@@H](O)CO. The number of hydrogen-bond acceptors (Lipinski definition) is 3. The van der Waals surface area contributed by atoms with Crippen LogP contribution in [0, 0.1) is 5.92 Å². The Morgan fingerprint density at radius 3 is 2.45 bits per heavy atom. The van der Waals surface area contributed by atoms with E-state index in [9.17, 15) is 4.79 Å². The van der Waals surface area contributed by atoms with Crippen LogP contribution in [0.2, 0.25) is 0 Å². The Balaban J connectivity index is 3.46. The lowest BCUT2D eigenvalue weighted by Gasteiger charge is -2.10. The van der Waals surface area contributed by atoms with Crippen molar-refractivity contribution in [3.8, 4) is 0 Å². The first kappa shape index (κ1) is 10.4. The summed E-state index contributed by atoms with van der Waals surface area (Å²) in [4.78, 5) is 10.9. The van der Waals surface area contributed by atoms with E-state index in [2.05, 4.69) is 5.32 Å². The molecule has 0 fully saturated rings. The molecule has 0 aromatic carbocycles. The summed E-state index contributed by atoms with van der Waals surface area (Å²) in [5.74, 6) is -0.196. The molecule has 0 saturated carbocycles. The number of amides is 1. The van der Waals surface area contributed by atoms with E-state index in [1.165, 1.54) is 0 Å². The molecule has 0 saturated heterocycles. The molecule has 0 aromatic heterocycles. The van der Waals surface area contributed by atoms with Crippen molar-refractivity contribution in [1.82, 2.24) is 5.32 Å². The summed E-state index contributed by atoms with van der Waals surface area (Å²) in [7, 11) is 0. The summed E-state index contributed by atoms with van der Waals surface area (Å²) >= 11 is 0. The first-order chi connectivity index (χ1) is 5.07. The summed E-state index contributed by atoms with van der Waals surface area (Å²) in [5.41, 5.74) is 0. The predicted molar refractivity (Wildman–Crippen MR) is 40.9 cm³/mol. The molecule has 0 bridgehead atoms. The summed E-state index contributed by atoms with van der Waals surface area (Å²) < 4.78 is 0. The van der Waals surface area contributed by atoms with Crippen LogP contribution >= 0.6 is 0 Å². The molecule has 4 heteroatoms. The standard InChI is InChI=1S/C7H15NO3/c1-5(2)7(11)8-3-6(10)4-9/h5-6,9-10H,3-4H2,1-2H3,(H,8,11)/t6-/m1/s1. The Kier molecular flexibility index (Phi) is 4.81. The third-order valence-electron chi connectivity index (χ3n) is 1.25. The average molecular weight is 161 g/mol. The molecule has 0 aliphatic heterocycles. The number of nitrogens with one attached hydrogen (secondary N) is 1. The zero-order valence-corrected chi connectivity index (χ0v) is 6.87. The highest BCUT2D eigenvalue weighted by Crippen LogP contribution is 1.90. The Morgan fingerprint density at radius 2 is 2.09 bits per heavy atom. The quantitative estimate of drug-likeness (QED) is 0.501. The van der Waals surface area contributed by atoms with Gasteiger partial charge in [-0.15, -0.1) is 0 Å². The fourth-order valence-corrected chi connectivity index (χ4v) is 0.487. The van der Waals surface area contributed by atoms with Crippen molar-refractivity contribution in [3.63, 3.8) is 0 Å². The molecule has 11 heavy (non-hydrogen) atoms. The maximum Gasteiger partial charge on any atom is 0.222 e. The summed E-state index contributed by atoms with van der Waals surface area (Å²) in [6, 6.07) is 0. The number of hydrogen-bond donors (Lipinski definition) is 3. The summed E-state index contributed by atoms with van der Waals surface area (Å²) in [5, 5.41) is 19.7. The molecule has 0 spiro atoms. The van der Waals surface area contributed by atoms with Crippen LogP contribution in [-0.4, -0.2) is 35.4 Å². The third kappa shape index (κ3) is 4.75. The van der Waals surface area contributed by atoms with Gasteiger partial charge in [0, 0.05) is 12.5 Å². The van der Waals surface area contributed by atoms with E-state index in [4.69, 9.17) is 10.2 Å². The molecule has 0 radical (unpaired) electrons. The zero-order valence-electron chi connectivity index (χ0n) is 6.87. The second-order valence-electron chi connectivity index (χ2n) is 2.74. The largest absolute Gasteiger partial charge is 0.394 e. The number of carbonyl (C=O) groups excluding carboxylic acids is 1. The number of carbonyl (C=O) groups is 1. The number of aliphatic hydroxyl groups is 2. The summed E-state index contributed by atoms with van der Waals surface area (Å²) in [6.07, 6.45) is -0.849. The highest BCUT2D eigenvalue weighted by molar-refractivity contribution is 5.77. The fourth-order valence-electron chi connectivity index (χ4n) is 0.487. The van der Waals surface area contributed by atoms with Crippen LogP contribution in [0.3, 0.4) is 0 Å². The Morgan fingerprint density at radius 1 is 1.55 bits per heavy atom.